The molecule has 1 unspecified atom stereocenters. The number of aryl methyl sites for hydroxylation is 1. The Hall–Kier alpha value is -0.980. The molecule has 6 nitrogen and oxygen atoms in total. The number of hydrogen-bond acceptors (Lipinski definition) is 5. The molecule has 1 aromatic heterocycles. The molecule has 3 N–H and O–H groups in total. The van der Waals surface area contributed by atoms with Crippen LogP contribution in [0.2, 0.25) is 0 Å². The number of aromatic nitrogens is 3. The lowest BCUT2D eigenvalue weighted by atomic mass is 9.74. The fourth-order valence-electron chi connectivity index (χ4n) is 3.55. The Labute approximate surface area is 121 Å². The maximum Gasteiger partial charge on any atom is 0.0828 e. The standard InChI is InChI=1S/C14H28N6/c1-4-10-20-12(11-16-18-20)13(17-15)14(19(2)3)8-6-5-7-9-14/h11,13,17H,4-10,15H2,1-3H3. The predicted molar refractivity (Wildman–Crippen MR) is 79.9 cm³/mol. The molecule has 0 saturated heterocycles. The van der Waals surface area contributed by atoms with Crippen molar-refractivity contribution < 1.29 is 0 Å². The Bertz CT molecular complexity index is 408. The molecule has 0 amide bonds. The molecule has 1 saturated carbocycles. The van der Waals surface area contributed by atoms with E-state index in [4.69, 9.17) is 5.84 Å². The van der Waals surface area contributed by atoms with E-state index in [1.54, 1.807) is 0 Å². The highest BCUT2D eigenvalue weighted by Crippen LogP contribution is 2.41. The maximum atomic E-state index is 5.94. The van der Waals surface area contributed by atoms with Crippen LogP contribution in [0.1, 0.15) is 57.2 Å². The largest absolute Gasteiger partial charge is 0.302 e. The fourth-order valence-corrected chi connectivity index (χ4v) is 3.55. The van der Waals surface area contributed by atoms with Gasteiger partial charge in [-0.05, 0) is 33.4 Å². The first-order chi connectivity index (χ1) is 9.65. The summed E-state index contributed by atoms with van der Waals surface area (Å²) < 4.78 is 1.99. The van der Waals surface area contributed by atoms with E-state index in [0.717, 1.165) is 31.5 Å². The molecule has 0 aliphatic heterocycles. The minimum atomic E-state index is 0.0558. The van der Waals surface area contributed by atoms with E-state index in [-0.39, 0.29) is 11.6 Å². The Balaban J connectivity index is 2.35. The lowest BCUT2D eigenvalue weighted by molar-refractivity contribution is 0.0529. The van der Waals surface area contributed by atoms with Gasteiger partial charge in [0.1, 0.15) is 0 Å². The number of hydrogen-bond donors (Lipinski definition) is 2. The zero-order valence-electron chi connectivity index (χ0n) is 13.0. The second kappa shape index (κ2) is 6.65. The predicted octanol–water partition coefficient (Wildman–Crippen LogP) is 1.46. The monoisotopic (exact) mass is 280 g/mol. The molecule has 1 atom stereocenters. The van der Waals surface area contributed by atoms with Crippen molar-refractivity contribution >= 4 is 0 Å². The van der Waals surface area contributed by atoms with Crippen molar-refractivity contribution in [1.29, 1.82) is 0 Å². The average molecular weight is 280 g/mol. The highest BCUT2D eigenvalue weighted by Gasteiger charge is 2.43. The van der Waals surface area contributed by atoms with E-state index < -0.39 is 0 Å². The van der Waals surface area contributed by atoms with E-state index in [1.165, 1.54) is 19.3 Å². The molecule has 20 heavy (non-hydrogen) atoms. The van der Waals surface area contributed by atoms with Crippen molar-refractivity contribution in [3.63, 3.8) is 0 Å². The van der Waals surface area contributed by atoms with Gasteiger partial charge in [-0.15, -0.1) is 5.10 Å². The molecular weight excluding hydrogens is 252 g/mol. The topological polar surface area (TPSA) is 72.0 Å². The number of nitrogens with two attached hydrogens (primary N) is 1. The second-order valence-electron chi connectivity index (χ2n) is 6.04. The molecule has 1 aromatic rings. The molecule has 1 aliphatic carbocycles. The summed E-state index contributed by atoms with van der Waals surface area (Å²) in [7, 11) is 4.31. The lowest BCUT2D eigenvalue weighted by Crippen LogP contribution is -2.56. The molecule has 0 radical (unpaired) electrons. The molecule has 0 spiro atoms. The molecule has 114 valence electrons. The molecule has 6 heteroatoms. The van der Waals surface area contributed by atoms with E-state index in [1.807, 2.05) is 10.9 Å². The number of hydrazine groups is 1. The van der Waals surface area contributed by atoms with Crippen LogP contribution in [0, 0.1) is 0 Å². The van der Waals surface area contributed by atoms with Gasteiger partial charge in [0.2, 0.25) is 0 Å². The third-order valence-electron chi connectivity index (χ3n) is 4.69. The zero-order valence-corrected chi connectivity index (χ0v) is 13.0. The molecule has 1 aliphatic rings. The van der Waals surface area contributed by atoms with Gasteiger partial charge in [-0.3, -0.25) is 5.84 Å². The Morgan fingerprint density at radius 1 is 1.40 bits per heavy atom. The van der Waals surface area contributed by atoms with Crippen molar-refractivity contribution in [1.82, 2.24) is 25.3 Å². The normalized spacial score (nSPS) is 20.2. The minimum Gasteiger partial charge on any atom is -0.302 e. The van der Waals surface area contributed by atoms with Crippen LogP contribution in [0.15, 0.2) is 6.20 Å². The van der Waals surface area contributed by atoms with E-state index >= 15 is 0 Å². The third-order valence-corrected chi connectivity index (χ3v) is 4.69. The highest BCUT2D eigenvalue weighted by molar-refractivity contribution is 5.13. The first-order valence-corrected chi connectivity index (χ1v) is 7.67. The van der Waals surface area contributed by atoms with Gasteiger partial charge in [0.25, 0.3) is 0 Å². The van der Waals surface area contributed by atoms with Crippen molar-refractivity contribution in [2.45, 2.75) is 63.6 Å². The Kier molecular flexibility index (Phi) is 5.12. The maximum absolute atomic E-state index is 5.94. The summed E-state index contributed by atoms with van der Waals surface area (Å²) in [6, 6.07) is 0.0688. The van der Waals surface area contributed by atoms with Gasteiger partial charge in [0, 0.05) is 12.1 Å². The van der Waals surface area contributed by atoms with E-state index in [9.17, 15) is 0 Å². The SMILES string of the molecule is CCCn1nncc1C(NN)C1(N(C)C)CCCCC1. The van der Waals surface area contributed by atoms with Gasteiger partial charge in [-0.25, -0.2) is 10.1 Å². The van der Waals surface area contributed by atoms with Gasteiger partial charge in [-0.1, -0.05) is 31.4 Å². The summed E-state index contributed by atoms with van der Waals surface area (Å²) in [5, 5.41) is 8.31. The smallest absolute Gasteiger partial charge is 0.0828 e. The molecular formula is C14H28N6. The van der Waals surface area contributed by atoms with Gasteiger partial charge < -0.3 is 4.90 Å². The summed E-state index contributed by atoms with van der Waals surface area (Å²) >= 11 is 0. The molecule has 0 aromatic carbocycles. The number of likely N-dealkylation sites (N-methyl/N-ethyl adjacent to an activating group) is 1. The van der Waals surface area contributed by atoms with Crippen LogP contribution in [0.25, 0.3) is 0 Å². The molecule has 0 bridgehead atoms. The summed E-state index contributed by atoms with van der Waals surface area (Å²) in [6.07, 6.45) is 9.05. The lowest BCUT2D eigenvalue weighted by Gasteiger charge is -2.48. The van der Waals surface area contributed by atoms with Gasteiger partial charge >= 0.3 is 0 Å². The van der Waals surface area contributed by atoms with Crippen LogP contribution < -0.4 is 11.3 Å². The highest BCUT2D eigenvalue weighted by atomic mass is 15.4. The van der Waals surface area contributed by atoms with Crippen LogP contribution in [0.4, 0.5) is 0 Å². The third kappa shape index (κ3) is 2.73. The average Bonchev–Trinajstić information content (AvgIpc) is 2.89. The first kappa shape index (κ1) is 15.4. The van der Waals surface area contributed by atoms with E-state index in [0.29, 0.717) is 0 Å². The Morgan fingerprint density at radius 2 is 2.10 bits per heavy atom. The van der Waals surface area contributed by atoms with Crippen LogP contribution in [-0.2, 0) is 6.54 Å². The summed E-state index contributed by atoms with van der Waals surface area (Å²) in [5.74, 6) is 5.94. The quantitative estimate of drug-likeness (QED) is 0.609. The van der Waals surface area contributed by atoms with Gasteiger partial charge in [-0.2, -0.15) is 0 Å². The van der Waals surface area contributed by atoms with Crippen molar-refractivity contribution in [3.05, 3.63) is 11.9 Å². The van der Waals surface area contributed by atoms with Crippen LogP contribution in [0.3, 0.4) is 0 Å². The summed E-state index contributed by atoms with van der Waals surface area (Å²) in [4.78, 5) is 2.33. The molecule has 1 fully saturated rings. The van der Waals surface area contributed by atoms with Crippen LogP contribution in [0.5, 0.6) is 0 Å². The molecule has 1 heterocycles. The second-order valence-corrected chi connectivity index (χ2v) is 6.04. The van der Waals surface area contributed by atoms with E-state index in [2.05, 4.69) is 41.7 Å². The Morgan fingerprint density at radius 3 is 2.65 bits per heavy atom. The minimum absolute atomic E-state index is 0.0558. The van der Waals surface area contributed by atoms with Crippen molar-refractivity contribution in [2.75, 3.05) is 14.1 Å². The van der Waals surface area contributed by atoms with Crippen LogP contribution in [-0.4, -0.2) is 39.5 Å². The zero-order chi connectivity index (χ0) is 14.6. The summed E-state index contributed by atoms with van der Waals surface area (Å²) in [6.45, 7) is 3.04. The van der Waals surface area contributed by atoms with Crippen LogP contribution >= 0.6 is 0 Å². The number of nitrogens with zero attached hydrogens (tertiary/aromatic N) is 4. The van der Waals surface area contributed by atoms with Gasteiger partial charge in [0.15, 0.2) is 0 Å². The van der Waals surface area contributed by atoms with Crippen molar-refractivity contribution in [3.8, 4) is 0 Å². The number of rotatable bonds is 6. The summed E-state index contributed by atoms with van der Waals surface area (Å²) in [5.41, 5.74) is 4.21. The van der Waals surface area contributed by atoms with Gasteiger partial charge in [0.05, 0.1) is 17.9 Å². The van der Waals surface area contributed by atoms with Crippen molar-refractivity contribution in [2.24, 2.45) is 5.84 Å². The molecule has 2 rings (SSSR count). The number of nitrogens with one attached hydrogen (secondary N) is 1. The first-order valence-electron chi connectivity index (χ1n) is 7.67. The fraction of sp³-hybridized carbons (Fsp3) is 0.857.